The third-order valence-corrected chi connectivity index (χ3v) is 3.00. The molecule has 0 rings (SSSR count). The fourth-order valence-corrected chi connectivity index (χ4v) is 1.51. The molecule has 0 N–H and O–H groups in total. The number of hydrogen-bond donors (Lipinski definition) is 0. The molecule has 0 bridgehead atoms. The summed E-state index contributed by atoms with van der Waals surface area (Å²) >= 11 is 6.08. The summed E-state index contributed by atoms with van der Waals surface area (Å²) in [6, 6.07) is 0. The van der Waals surface area contributed by atoms with Crippen molar-refractivity contribution in [1.82, 2.24) is 0 Å². The van der Waals surface area contributed by atoms with Gasteiger partial charge in [-0.05, 0) is 12.8 Å². The molecular formula is C14H23ClO4. The highest BCUT2D eigenvalue weighted by Gasteiger charge is 2.46. The number of alkyl halides is 1. The second-order valence-electron chi connectivity index (χ2n) is 4.27. The Balaban J connectivity index is 4.57. The highest BCUT2D eigenvalue weighted by Crippen LogP contribution is 2.25. The largest absolute Gasteiger partial charge is 0.464 e. The topological polar surface area (TPSA) is 52.6 Å². The molecule has 0 aliphatic carbocycles. The molecule has 19 heavy (non-hydrogen) atoms. The van der Waals surface area contributed by atoms with Crippen LogP contribution in [0.15, 0.2) is 12.7 Å². The van der Waals surface area contributed by atoms with Crippen LogP contribution in [0, 0.1) is 0 Å². The van der Waals surface area contributed by atoms with E-state index in [4.69, 9.17) is 21.1 Å². The van der Waals surface area contributed by atoms with Crippen LogP contribution >= 0.6 is 11.6 Å². The Morgan fingerprint density at radius 3 is 1.84 bits per heavy atom. The van der Waals surface area contributed by atoms with Crippen LogP contribution in [-0.4, -0.2) is 30.0 Å². The highest BCUT2D eigenvalue weighted by molar-refractivity contribution is 6.44. The predicted molar refractivity (Wildman–Crippen MR) is 75.1 cm³/mol. The number of ether oxygens (including phenoxy) is 2. The zero-order valence-electron chi connectivity index (χ0n) is 11.7. The monoisotopic (exact) mass is 290 g/mol. The summed E-state index contributed by atoms with van der Waals surface area (Å²) in [7, 11) is 0. The van der Waals surface area contributed by atoms with Gasteiger partial charge in [-0.25, -0.2) is 9.59 Å². The molecule has 4 nitrogen and oxygen atoms in total. The number of hydrogen-bond acceptors (Lipinski definition) is 4. The summed E-state index contributed by atoms with van der Waals surface area (Å²) in [4.78, 5) is 22.0. The zero-order chi connectivity index (χ0) is 14.7. The summed E-state index contributed by atoms with van der Waals surface area (Å²) in [5.74, 6) is -1.52. The molecule has 0 aromatic carbocycles. The van der Waals surface area contributed by atoms with E-state index >= 15 is 0 Å². The fourth-order valence-electron chi connectivity index (χ4n) is 1.30. The lowest BCUT2D eigenvalue weighted by atomic mass is 10.1. The average Bonchev–Trinajstić information content (AvgIpc) is 2.39. The van der Waals surface area contributed by atoms with E-state index in [0.717, 1.165) is 25.7 Å². The summed E-state index contributed by atoms with van der Waals surface area (Å²) in [5, 5.41) is 0. The summed E-state index contributed by atoms with van der Waals surface area (Å²) in [5.41, 5.74) is 0. The standard InChI is InChI=1S/C14H23ClO4/c1-4-7-10-18-12(16)14(15,9-6-3)13(17)19-11-8-5-2/h6H,3-5,7-11H2,1-2H3. The summed E-state index contributed by atoms with van der Waals surface area (Å²) < 4.78 is 10.0. The molecule has 0 heterocycles. The third kappa shape index (κ3) is 6.10. The van der Waals surface area contributed by atoms with Crippen molar-refractivity contribution in [2.24, 2.45) is 0 Å². The van der Waals surface area contributed by atoms with Crippen molar-refractivity contribution in [1.29, 1.82) is 0 Å². The molecule has 0 aliphatic rings. The van der Waals surface area contributed by atoms with Crippen LogP contribution in [0.1, 0.15) is 46.0 Å². The van der Waals surface area contributed by atoms with E-state index in [0.29, 0.717) is 0 Å². The Labute approximate surface area is 120 Å². The molecule has 0 spiro atoms. The Hall–Kier alpha value is -1.03. The molecule has 0 unspecified atom stereocenters. The van der Waals surface area contributed by atoms with Gasteiger partial charge in [0.2, 0.25) is 4.87 Å². The number of carbonyl (C=O) groups is 2. The van der Waals surface area contributed by atoms with Crippen LogP contribution < -0.4 is 0 Å². The maximum atomic E-state index is 11.9. The van der Waals surface area contributed by atoms with Gasteiger partial charge in [0, 0.05) is 6.42 Å². The first kappa shape index (κ1) is 18.0. The van der Waals surface area contributed by atoms with E-state index in [-0.39, 0.29) is 19.6 Å². The van der Waals surface area contributed by atoms with E-state index < -0.39 is 16.8 Å². The minimum absolute atomic E-state index is 0.00945. The van der Waals surface area contributed by atoms with Gasteiger partial charge in [-0.2, -0.15) is 0 Å². The van der Waals surface area contributed by atoms with Crippen molar-refractivity contribution in [3.8, 4) is 0 Å². The fraction of sp³-hybridized carbons (Fsp3) is 0.714. The first-order chi connectivity index (χ1) is 9.02. The number of rotatable bonds is 10. The molecular weight excluding hydrogens is 268 g/mol. The lowest BCUT2D eigenvalue weighted by Gasteiger charge is -2.21. The predicted octanol–water partition coefficient (Wildman–Crippen LogP) is 3.23. The zero-order valence-corrected chi connectivity index (χ0v) is 12.5. The molecule has 0 radical (unpaired) electrons. The summed E-state index contributed by atoms with van der Waals surface area (Å²) in [6.07, 6.45) is 4.66. The van der Waals surface area contributed by atoms with Gasteiger partial charge in [-0.1, -0.05) is 44.4 Å². The van der Waals surface area contributed by atoms with Crippen LogP contribution in [0.25, 0.3) is 0 Å². The Morgan fingerprint density at radius 1 is 1.11 bits per heavy atom. The maximum Gasteiger partial charge on any atom is 0.339 e. The van der Waals surface area contributed by atoms with Gasteiger partial charge in [0.15, 0.2) is 0 Å². The van der Waals surface area contributed by atoms with Crippen LogP contribution in [0.3, 0.4) is 0 Å². The number of allylic oxidation sites excluding steroid dienone is 1. The van der Waals surface area contributed by atoms with Gasteiger partial charge in [0.05, 0.1) is 13.2 Å². The van der Waals surface area contributed by atoms with Crippen LogP contribution in [0.4, 0.5) is 0 Å². The van der Waals surface area contributed by atoms with Gasteiger partial charge < -0.3 is 9.47 Å². The van der Waals surface area contributed by atoms with Crippen molar-refractivity contribution >= 4 is 23.5 Å². The third-order valence-electron chi connectivity index (χ3n) is 2.53. The maximum absolute atomic E-state index is 11.9. The molecule has 0 aromatic rings. The van der Waals surface area contributed by atoms with Gasteiger partial charge in [0.1, 0.15) is 0 Å². The van der Waals surface area contributed by atoms with Gasteiger partial charge in [-0.15, -0.1) is 6.58 Å². The number of esters is 2. The van der Waals surface area contributed by atoms with Gasteiger partial charge in [-0.3, -0.25) is 0 Å². The van der Waals surface area contributed by atoms with E-state index in [9.17, 15) is 9.59 Å². The average molecular weight is 291 g/mol. The molecule has 0 saturated carbocycles. The van der Waals surface area contributed by atoms with Gasteiger partial charge in [0.25, 0.3) is 0 Å². The molecule has 0 amide bonds. The van der Waals surface area contributed by atoms with E-state index in [1.54, 1.807) is 0 Å². The Kier molecular flexibility index (Phi) is 9.31. The van der Waals surface area contributed by atoms with Crippen molar-refractivity contribution in [3.05, 3.63) is 12.7 Å². The summed E-state index contributed by atoms with van der Waals surface area (Å²) in [6.45, 7) is 7.96. The van der Waals surface area contributed by atoms with Gasteiger partial charge >= 0.3 is 11.9 Å². The normalized spacial score (nSPS) is 10.9. The smallest absolute Gasteiger partial charge is 0.339 e. The number of carbonyl (C=O) groups excluding carboxylic acids is 2. The van der Waals surface area contributed by atoms with Crippen LogP contribution in [0.2, 0.25) is 0 Å². The van der Waals surface area contributed by atoms with Crippen molar-refractivity contribution in [3.63, 3.8) is 0 Å². The van der Waals surface area contributed by atoms with E-state index in [1.165, 1.54) is 6.08 Å². The van der Waals surface area contributed by atoms with Crippen molar-refractivity contribution in [2.75, 3.05) is 13.2 Å². The molecule has 0 saturated heterocycles. The van der Waals surface area contributed by atoms with Crippen LogP contribution in [-0.2, 0) is 19.1 Å². The Bertz CT molecular complexity index is 280. The molecule has 110 valence electrons. The SMILES string of the molecule is C=CCC(Cl)(C(=O)OCCCC)C(=O)OCCCC. The first-order valence-electron chi connectivity index (χ1n) is 6.67. The first-order valence-corrected chi connectivity index (χ1v) is 7.05. The quantitative estimate of drug-likeness (QED) is 0.204. The second-order valence-corrected chi connectivity index (χ2v) is 4.92. The second kappa shape index (κ2) is 9.84. The minimum atomic E-state index is -1.80. The van der Waals surface area contributed by atoms with Crippen molar-refractivity contribution < 1.29 is 19.1 Å². The van der Waals surface area contributed by atoms with E-state index in [1.807, 2.05) is 13.8 Å². The Morgan fingerprint density at radius 2 is 1.53 bits per heavy atom. The molecule has 5 heteroatoms. The molecule has 0 fully saturated rings. The molecule has 0 aliphatic heterocycles. The lowest BCUT2D eigenvalue weighted by Crippen LogP contribution is -2.43. The number of unbranched alkanes of at least 4 members (excludes halogenated alkanes) is 2. The minimum Gasteiger partial charge on any atom is -0.464 e. The lowest BCUT2D eigenvalue weighted by molar-refractivity contribution is -0.159. The highest BCUT2D eigenvalue weighted by atomic mass is 35.5. The van der Waals surface area contributed by atoms with Crippen molar-refractivity contribution in [2.45, 2.75) is 50.8 Å². The van der Waals surface area contributed by atoms with Crippen LogP contribution in [0.5, 0.6) is 0 Å². The molecule has 0 atom stereocenters. The number of halogens is 1. The van der Waals surface area contributed by atoms with E-state index in [2.05, 4.69) is 6.58 Å². The molecule has 0 aromatic heterocycles.